The van der Waals surface area contributed by atoms with E-state index >= 15 is 0 Å². The van der Waals surface area contributed by atoms with E-state index in [2.05, 4.69) is 486 Å². The highest BCUT2D eigenvalue weighted by Gasteiger charge is 2.39. The Morgan fingerprint density at radius 3 is 0.738 bits per heavy atom. The zero-order chi connectivity index (χ0) is 87.0. The molecule has 4 heteroatoms. The maximum atomic E-state index is 6.31. The average molecular weight is 1660 g/mol. The molecule has 0 amide bonds. The molecule has 0 radical (unpaired) electrons. The molecule has 130 heavy (non-hydrogen) atoms. The van der Waals surface area contributed by atoms with Crippen molar-refractivity contribution in [2.75, 3.05) is 9.80 Å². The molecule has 20 aromatic carbocycles. The summed E-state index contributed by atoms with van der Waals surface area (Å²) >= 11 is 0. The van der Waals surface area contributed by atoms with Crippen molar-refractivity contribution in [3.8, 4) is 134 Å². The summed E-state index contributed by atoms with van der Waals surface area (Å²) in [5.74, 6) is 0. The normalized spacial score (nSPS) is 12.6. The van der Waals surface area contributed by atoms with Gasteiger partial charge in [-0.25, -0.2) is 0 Å². The second-order valence-electron chi connectivity index (χ2n) is 35.4. The molecule has 0 unspecified atom stereocenters. The minimum atomic E-state index is -0.234. The number of fused-ring (bicyclic) bond motifs is 12. The first-order valence-corrected chi connectivity index (χ1v) is 45.0. The van der Waals surface area contributed by atoms with Crippen LogP contribution in [0.4, 0.5) is 34.1 Å². The van der Waals surface area contributed by atoms with E-state index in [1.54, 1.807) is 0 Å². The van der Waals surface area contributed by atoms with Gasteiger partial charge < -0.3 is 18.6 Å². The molecular weight excluding hydrogens is 1570 g/mol. The lowest BCUT2D eigenvalue weighted by Crippen LogP contribution is -2.16. The third-order valence-electron chi connectivity index (χ3n) is 27.0. The Bertz CT molecular complexity index is 7900. The molecule has 0 saturated heterocycles. The molecule has 24 rings (SSSR count). The third kappa shape index (κ3) is 14.2. The van der Waals surface area contributed by atoms with Crippen LogP contribution >= 0.6 is 0 Å². The van der Waals surface area contributed by atoms with Gasteiger partial charge in [0.2, 0.25) is 0 Å². The Hall–Kier alpha value is -16.4. The number of hydrogen-bond acceptors (Lipinski definition) is 4. The van der Waals surface area contributed by atoms with Crippen LogP contribution in [0.2, 0.25) is 0 Å². The lowest BCUT2D eigenvalue weighted by Gasteiger charge is -2.28. The zero-order valence-corrected chi connectivity index (χ0v) is 72.7. The van der Waals surface area contributed by atoms with Crippen molar-refractivity contribution >= 4 is 78.0 Å². The van der Waals surface area contributed by atoms with E-state index in [4.69, 9.17) is 8.83 Å². The average Bonchev–Trinajstić information content (AvgIpc) is 1.57. The van der Waals surface area contributed by atoms with Crippen LogP contribution in [0.25, 0.3) is 177 Å². The monoisotopic (exact) mass is 1660 g/mol. The number of furan rings is 2. The van der Waals surface area contributed by atoms with Crippen molar-refractivity contribution in [1.29, 1.82) is 0 Å². The van der Waals surface area contributed by atoms with Crippen molar-refractivity contribution in [3.05, 3.63) is 495 Å². The van der Waals surface area contributed by atoms with Gasteiger partial charge >= 0.3 is 0 Å². The van der Waals surface area contributed by atoms with E-state index in [1.165, 1.54) is 145 Å². The van der Waals surface area contributed by atoms with Crippen LogP contribution in [0.5, 0.6) is 0 Å². The zero-order valence-electron chi connectivity index (χ0n) is 72.7. The first-order chi connectivity index (χ1) is 63.9. The van der Waals surface area contributed by atoms with Crippen molar-refractivity contribution in [3.63, 3.8) is 0 Å². The highest BCUT2D eigenvalue weighted by atomic mass is 16.3. The van der Waals surface area contributed by atoms with Crippen molar-refractivity contribution < 1.29 is 8.83 Å². The van der Waals surface area contributed by atoms with Gasteiger partial charge in [-0.2, -0.15) is 0 Å². The molecule has 0 spiro atoms. The van der Waals surface area contributed by atoms with Gasteiger partial charge in [-0.05, 0) is 283 Å². The summed E-state index contributed by atoms with van der Waals surface area (Å²) in [5.41, 5.74) is 44.3. The molecule has 0 aliphatic heterocycles. The van der Waals surface area contributed by atoms with Gasteiger partial charge in [0.05, 0.1) is 0 Å². The Labute approximate surface area is 758 Å². The second kappa shape index (κ2) is 32.5. The SMILES string of the molecule is CC1(C)c2cc(-c3ccc4c(c3)oc3ccccc34)ccc2-c2ccc(N(c3ccc(-c4ccc(-c5ccccc5)cc4)cc3)c3ccc(-c4cccc(-c5ccccc5)c4)cc3)cc21.CC1(C)c2cc(-c3ccc4c(c3)oc3ccccc34)ccc2-c2ccc(N(c3ccc(-c4ccccc4-c4ccccc4)cc3)c3ccc(-c4ccccc4-c4ccccc4)cc3)cc21. The van der Waals surface area contributed by atoms with Crippen LogP contribution in [0.15, 0.2) is 482 Å². The number of nitrogens with zero attached hydrogens (tertiary/aromatic N) is 2. The number of benzene rings is 20. The van der Waals surface area contributed by atoms with Crippen LogP contribution < -0.4 is 9.80 Å². The van der Waals surface area contributed by atoms with Crippen LogP contribution in [0.3, 0.4) is 0 Å². The first-order valence-electron chi connectivity index (χ1n) is 45.0. The molecule has 616 valence electrons. The van der Waals surface area contributed by atoms with Gasteiger partial charge in [0.15, 0.2) is 0 Å². The highest BCUT2D eigenvalue weighted by Crippen LogP contribution is 2.55. The molecule has 2 aromatic heterocycles. The first kappa shape index (κ1) is 78.3. The maximum absolute atomic E-state index is 6.31. The maximum Gasteiger partial charge on any atom is 0.136 e. The minimum Gasteiger partial charge on any atom is -0.456 e. The summed E-state index contributed by atoms with van der Waals surface area (Å²) in [6.07, 6.45) is 0. The van der Waals surface area contributed by atoms with Gasteiger partial charge in [0, 0.05) is 66.5 Å². The number of rotatable bonds is 16. The number of para-hydroxylation sites is 2. The molecule has 4 nitrogen and oxygen atoms in total. The van der Waals surface area contributed by atoms with E-state index in [1.807, 2.05) is 24.3 Å². The summed E-state index contributed by atoms with van der Waals surface area (Å²) in [6, 6.07) is 172. The number of hydrogen-bond donors (Lipinski definition) is 0. The topological polar surface area (TPSA) is 32.8 Å². The Morgan fingerprint density at radius 1 is 0.146 bits per heavy atom. The molecule has 0 bridgehead atoms. The predicted octanol–water partition coefficient (Wildman–Crippen LogP) is 35.4. The van der Waals surface area contributed by atoms with Crippen LogP contribution in [0.1, 0.15) is 49.9 Å². The van der Waals surface area contributed by atoms with Gasteiger partial charge in [0.1, 0.15) is 22.3 Å². The predicted molar refractivity (Wildman–Crippen MR) is 546 cm³/mol. The fourth-order valence-electron chi connectivity index (χ4n) is 20.2. The molecule has 0 saturated carbocycles. The largest absolute Gasteiger partial charge is 0.456 e. The standard InChI is InChI=1S/2C63H45NO/c1-63(2)59-39-46(47-30-37-58-57-23-13-14-24-61(57)65-62(58)40-47)29-36-55(59)56-38-35-50(41-60(56)63)64(48-31-25-44(26-32-48)53-21-11-9-19-51(53)42-15-5-3-6-16-42)49-33-27-45(28-34-49)54-22-12-10-20-52(54)43-17-7-4-8-18-43;1-63(2)59-39-50(51-29-36-58-57-18-9-10-19-61(57)65-62(58)40-51)28-35-55(59)56-37-34-54(41-60(56)63)64(52-30-24-46(25-31-52)45-22-20-44(21-23-45)42-12-5-3-6-13-42)53-32-26-47(27-33-53)49-17-11-16-48(38-49)43-14-7-4-8-15-43/h2*3-41H,1-2H3. The Balaban J connectivity index is 0.000000148. The van der Waals surface area contributed by atoms with E-state index in [9.17, 15) is 0 Å². The van der Waals surface area contributed by atoms with Gasteiger partial charge in [0.25, 0.3) is 0 Å². The molecule has 2 aliphatic rings. The molecule has 0 fully saturated rings. The van der Waals surface area contributed by atoms with Crippen LogP contribution in [-0.2, 0) is 10.8 Å². The van der Waals surface area contributed by atoms with Crippen LogP contribution in [-0.4, -0.2) is 0 Å². The van der Waals surface area contributed by atoms with Crippen LogP contribution in [0, 0.1) is 0 Å². The molecular formula is C126H90N2O2. The fourth-order valence-corrected chi connectivity index (χ4v) is 20.2. The summed E-state index contributed by atoms with van der Waals surface area (Å²) < 4.78 is 12.6. The van der Waals surface area contributed by atoms with Gasteiger partial charge in [-0.1, -0.05) is 373 Å². The van der Waals surface area contributed by atoms with E-state index in [-0.39, 0.29) is 10.8 Å². The molecule has 22 aromatic rings. The Kier molecular flexibility index (Phi) is 19.6. The van der Waals surface area contributed by atoms with E-state index in [0.717, 1.165) is 89.1 Å². The van der Waals surface area contributed by atoms with Gasteiger partial charge in [-0.15, -0.1) is 0 Å². The molecule has 0 atom stereocenters. The second-order valence-corrected chi connectivity index (χ2v) is 35.4. The molecule has 0 N–H and O–H groups in total. The summed E-state index contributed by atoms with van der Waals surface area (Å²) in [6.45, 7) is 9.48. The summed E-state index contributed by atoms with van der Waals surface area (Å²) in [5, 5.41) is 4.60. The van der Waals surface area contributed by atoms with Crippen molar-refractivity contribution in [1.82, 2.24) is 0 Å². The smallest absolute Gasteiger partial charge is 0.136 e. The van der Waals surface area contributed by atoms with Crippen molar-refractivity contribution in [2.24, 2.45) is 0 Å². The minimum absolute atomic E-state index is 0.227. The number of anilines is 6. The lowest BCUT2D eigenvalue weighted by atomic mass is 9.81. The van der Waals surface area contributed by atoms with Crippen molar-refractivity contribution in [2.45, 2.75) is 38.5 Å². The lowest BCUT2D eigenvalue weighted by molar-refractivity contribution is 0.660. The van der Waals surface area contributed by atoms with E-state index < -0.39 is 0 Å². The highest BCUT2D eigenvalue weighted by molar-refractivity contribution is 6.08. The molecule has 2 heterocycles. The summed E-state index contributed by atoms with van der Waals surface area (Å²) in [7, 11) is 0. The van der Waals surface area contributed by atoms with Gasteiger partial charge in [-0.3, -0.25) is 0 Å². The third-order valence-corrected chi connectivity index (χ3v) is 27.0. The Morgan fingerprint density at radius 2 is 0.369 bits per heavy atom. The quantitative estimate of drug-likeness (QED) is 0.0965. The molecule has 2 aliphatic carbocycles. The fraction of sp³-hybridized carbons (Fsp3) is 0.0476. The summed E-state index contributed by atoms with van der Waals surface area (Å²) in [4.78, 5) is 4.81. The van der Waals surface area contributed by atoms with E-state index in [0.29, 0.717) is 0 Å².